The van der Waals surface area contributed by atoms with Gasteiger partial charge in [0.05, 0.1) is 0 Å². The first-order chi connectivity index (χ1) is 8.37. The van der Waals surface area contributed by atoms with Crippen molar-refractivity contribution in [2.75, 3.05) is 0 Å². The summed E-state index contributed by atoms with van der Waals surface area (Å²) < 4.78 is 3.65. The number of halogens is 2. The van der Waals surface area contributed by atoms with Gasteiger partial charge in [-0.2, -0.15) is 0 Å². The third-order valence-electron chi connectivity index (χ3n) is 2.98. The van der Waals surface area contributed by atoms with Crippen molar-refractivity contribution in [1.82, 2.24) is 0 Å². The molecule has 1 aliphatic rings. The first kappa shape index (κ1) is 13.8. The summed E-state index contributed by atoms with van der Waals surface area (Å²) in [5.74, 6) is 0.728. The van der Waals surface area contributed by atoms with Crippen LogP contribution >= 0.6 is 31.9 Å². The van der Waals surface area contributed by atoms with Crippen LogP contribution in [0.1, 0.15) is 12.5 Å². The highest BCUT2D eigenvalue weighted by Gasteiger charge is 2.50. The summed E-state index contributed by atoms with van der Waals surface area (Å²) in [6.07, 6.45) is 5.48. The Kier molecular flexibility index (Phi) is 3.72. The van der Waals surface area contributed by atoms with Gasteiger partial charge in [0, 0.05) is 0 Å². The third-order valence-corrected chi connectivity index (χ3v) is 5.73. The van der Waals surface area contributed by atoms with Crippen molar-refractivity contribution >= 4 is 31.9 Å². The van der Waals surface area contributed by atoms with Gasteiger partial charge < -0.3 is 9.84 Å². The molecule has 1 N–H and O–H groups in total. The molecular weight excluding hydrogens is 360 g/mol. The van der Waals surface area contributed by atoms with Crippen molar-refractivity contribution in [3.8, 4) is 5.75 Å². The summed E-state index contributed by atoms with van der Waals surface area (Å²) in [5, 5.41) is 10.5. The molecular formula is C14H14Br2O2. The van der Waals surface area contributed by atoms with Crippen LogP contribution in [0.5, 0.6) is 5.75 Å². The van der Waals surface area contributed by atoms with Crippen molar-refractivity contribution in [3.63, 3.8) is 0 Å². The topological polar surface area (TPSA) is 29.5 Å². The molecule has 4 heteroatoms. The van der Waals surface area contributed by atoms with Crippen LogP contribution < -0.4 is 4.74 Å². The van der Waals surface area contributed by atoms with Gasteiger partial charge in [0.15, 0.2) is 4.51 Å². The highest BCUT2D eigenvalue weighted by Crippen LogP contribution is 2.46. The number of hydrogen-bond donors (Lipinski definition) is 1. The zero-order valence-electron chi connectivity index (χ0n) is 10.2. The predicted molar refractivity (Wildman–Crippen MR) is 80.2 cm³/mol. The van der Waals surface area contributed by atoms with Crippen molar-refractivity contribution in [2.45, 2.75) is 22.9 Å². The molecule has 96 valence electrons. The fraction of sp³-hybridized carbons (Fsp3) is 0.286. The average molecular weight is 374 g/mol. The van der Waals surface area contributed by atoms with E-state index in [-0.39, 0.29) is 0 Å². The molecule has 0 aromatic heterocycles. The number of aryl methyl sites for hydroxylation is 1. The van der Waals surface area contributed by atoms with E-state index in [1.54, 1.807) is 6.08 Å². The number of benzene rings is 1. The molecule has 1 aromatic rings. The SMILES string of the molecule is CC1=CC=CC(Br)(Oc2ccccc2C)C1(O)Br. The van der Waals surface area contributed by atoms with Gasteiger partial charge in [0.25, 0.3) is 0 Å². The number of ether oxygens (including phenoxy) is 1. The number of aliphatic hydroxyl groups is 1. The molecule has 1 aromatic carbocycles. The minimum absolute atomic E-state index is 0.728. The molecule has 0 spiro atoms. The molecule has 0 bridgehead atoms. The molecule has 2 unspecified atom stereocenters. The van der Waals surface area contributed by atoms with Crippen LogP contribution in [0.25, 0.3) is 0 Å². The molecule has 2 atom stereocenters. The van der Waals surface area contributed by atoms with E-state index in [2.05, 4.69) is 31.9 Å². The molecule has 2 rings (SSSR count). The lowest BCUT2D eigenvalue weighted by molar-refractivity contribution is 0.0477. The largest absolute Gasteiger partial charge is 0.467 e. The molecule has 0 saturated heterocycles. The summed E-state index contributed by atoms with van der Waals surface area (Å²) in [5.41, 5.74) is 1.79. The Labute approximate surface area is 124 Å². The Morgan fingerprint density at radius 1 is 1.17 bits per heavy atom. The normalized spacial score (nSPS) is 31.1. The molecule has 1 aliphatic carbocycles. The molecule has 0 heterocycles. The van der Waals surface area contributed by atoms with Gasteiger partial charge in [-0.1, -0.05) is 30.4 Å². The van der Waals surface area contributed by atoms with Crippen molar-refractivity contribution < 1.29 is 9.84 Å². The monoisotopic (exact) mass is 372 g/mol. The molecule has 18 heavy (non-hydrogen) atoms. The number of hydrogen-bond acceptors (Lipinski definition) is 2. The zero-order valence-corrected chi connectivity index (χ0v) is 13.3. The number of rotatable bonds is 2. The summed E-state index contributed by atoms with van der Waals surface area (Å²) in [7, 11) is 0. The minimum atomic E-state index is -1.28. The van der Waals surface area contributed by atoms with Crippen molar-refractivity contribution in [1.29, 1.82) is 0 Å². The van der Waals surface area contributed by atoms with Crippen LogP contribution in [0.3, 0.4) is 0 Å². The second-order valence-electron chi connectivity index (χ2n) is 4.34. The average Bonchev–Trinajstić information content (AvgIpc) is 2.30. The zero-order chi connectivity index (χ0) is 13.4. The Morgan fingerprint density at radius 2 is 1.83 bits per heavy atom. The first-order valence-electron chi connectivity index (χ1n) is 5.58. The second-order valence-corrected chi connectivity index (χ2v) is 6.67. The fourth-order valence-corrected chi connectivity index (χ4v) is 2.72. The van der Waals surface area contributed by atoms with E-state index in [9.17, 15) is 5.11 Å². The van der Waals surface area contributed by atoms with E-state index in [4.69, 9.17) is 4.74 Å². The quantitative estimate of drug-likeness (QED) is 0.792. The van der Waals surface area contributed by atoms with Crippen LogP contribution in [-0.2, 0) is 0 Å². The Balaban J connectivity index is 2.37. The van der Waals surface area contributed by atoms with E-state index < -0.39 is 9.02 Å². The van der Waals surface area contributed by atoms with Gasteiger partial charge in [-0.3, -0.25) is 0 Å². The van der Waals surface area contributed by atoms with Gasteiger partial charge in [-0.05, 0) is 69.0 Å². The highest BCUT2D eigenvalue weighted by atomic mass is 79.9. The maximum absolute atomic E-state index is 10.5. The maximum Gasteiger partial charge on any atom is 0.224 e. The van der Waals surface area contributed by atoms with Crippen LogP contribution in [0.15, 0.2) is 48.1 Å². The van der Waals surface area contributed by atoms with E-state index in [1.807, 2.05) is 50.3 Å². The molecule has 0 amide bonds. The number of allylic oxidation sites excluding steroid dienone is 2. The standard InChI is InChI=1S/C14H14Br2O2/c1-10-6-3-4-8-12(10)18-13(15)9-5-7-11(2)14(13,16)17/h3-9,17H,1-2H3. The Bertz CT molecular complexity index is 520. The molecule has 0 fully saturated rings. The van der Waals surface area contributed by atoms with Crippen LogP contribution in [0.2, 0.25) is 0 Å². The van der Waals surface area contributed by atoms with Crippen molar-refractivity contribution in [3.05, 3.63) is 53.6 Å². The van der Waals surface area contributed by atoms with E-state index in [0.29, 0.717) is 0 Å². The number of alkyl halides is 2. The lowest BCUT2D eigenvalue weighted by Crippen LogP contribution is -2.50. The second kappa shape index (κ2) is 4.83. The van der Waals surface area contributed by atoms with E-state index >= 15 is 0 Å². The third kappa shape index (κ3) is 2.29. The summed E-state index contributed by atoms with van der Waals surface area (Å²) in [4.78, 5) is 0. The summed E-state index contributed by atoms with van der Waals surface area (Å²) >= 11 is 6.81. The summed E-state index contributed by atoms with van der Waals surface area (Å²) in [6.45, 7) is 3.81. The fourth-order valence-electron chi connectivity index (χ4n) is 1.74. The molecule has 2 nitrogen and oxygen atoms in total. The predicted octanol–water partition coefficient (Wildman–Crippen LogP) is 4.06. The molecule has 0 aliphatic heterocycles. The summed E-state index contributed by atoms with van der Waals surface area (Å²) in [6, 6.07) is 7.70. The van der Waals surface area contributed by atoms with Gasteiger partial charge in [0.2, 0.25) is 4.51 Å². The van der Waals surface area contributed by atoms with Gasteiger partial charge in [0.1, 0.15) is 5.75 Å². The maximum atomic E-state index is 10.5. The lowest BCUT2D eigenvalue weighted by atomic mass is 10.00. The lowest BCUT2D eigenvalue weighted by Gasteiger charge is -2.40. The first-order valence-corrected chi connectivity index (χ1v) is 7.17. The van der Waals surface area contributed by atoms with Crippen LogP contribution in [-0.4, -0.2) is 14.1 Å². The molecule has 0 radical (unpaired) electrons. The van der Waals surface area contributed by atoms with Gasteiger partial charge in [-0.15, -0.1) is 0 Å². The van der Waals surface area contributed by atoms with Crippen LogP contribution in [0, 0.1) is 6.92 Å². The van der Waals surface area contributed by atoms with Gasteiger partial charge >= 0.3 is 0 Å². The van der Waals surface area contributed by atoms with Crippen LogP contribution in [0.4, 0.5) is 0 Å². The molecule has 0 saturated carbocycles. The Hall–Kier alpha value is -0.580. The van der Waals surface area contributed by atoms with Gasteiger partial charge in [-0.25, -0.2) is 0 Å². The number of para-hydroxylation sites is 1. The van der Waals surface area contributed by atoms with E-state index in [1.165, 1.54) is 0 Å². The Morgan fingerprint density at radius 3 is 2.50 bits per heavy atom. The highest BCUT2D eigenvalue weighted by molar-refractivity contribution is 9.13. The van der Waals surface area contributed by atoms with Crippen molar-refractivity contribution in [2.24, 2.45) is 0 Å². The van der Waals surface area contributed by atoms with E-state index in [0.717, 1.165) is 16.9 Å². The minimum Gasteiger partial charge on any atom is -0.467 e. The smallest absolute Gasteiger partial charge is 0.224 e.